The summed E-state index contributed by atoms with van der Waals surface area (Å²) in [7, 11) is 1.56. The van der Waals surface area contributed by atoms with Crippen LogP contribution in [0.15, 0.2) is 76.1 Å². The Balaban J connectivity index is 1.56. The number of hydrogen-bond donors (Lipinski definition) is 2. The highest BCUT2D eigenvalue weighted by atomic mass is 79.9. The molecular formula is C22H18BrFN2O3S. The van der Waals surface area contributed by atoms with Crippen LogP contribution in [0.5, 0.6) is 5.75 Å². The highest BCUT2D eigenvalue weighted by Gasteiger charge is 2.10. The average Bonchev–Trinajstić information content (AvgIpc) is 2.74. The summed E-state index contributed by atoms with van der Waals surface area (Å²) in [5.74, 6) is -0.305. The first kappa shape index (κ1) is 21.9. The van der Waals surface area contributed by atoms with E-state index in [0.717, 1.165) is 4.90 Å². The molecule has 8 heteroatoms. The molecule has 0 atom stereocenters. The third kappa shape index (κ3) is 6.08. The average molecular weight is 489 g/mol. The number of hydrogen-bond acceptors (Lipinski definition) is 4. The quantitative estimate of drug-likeness (QED) is 0.426. The second kappa shape index (κ2) is 10.3. The first-order valence-corrected chi connectivity index (χ1v) is 10.7. The zero-order valence-electron chi connectivity index (χ0n) is 15.9. The summed E-state index contributed by atoms with van der Waals surface area (Å²) in [5, 5.41) is 5.38. The predicted octanol–water partition coefficient (Wildman–Crippen LogP) is 5.58. The minimum atomic E-state index is -0.508. The predicted molar refractivity (Wildman–Crippen MR) is 121 cm³/mol. The van der Waals surface area contributed by atoms with Gasteiger partial charge in [0.15, 0.2) is 0 Å². The highest BCUT2D eigenvalue weighted by molar-refractivity contribution is 9.10. The molecule has 0 aliphatic carbocycles. The van der Waals surface area contributed by atoms with Gasteiger partial charge in [-0.15, -0.1) is 11.8 Å². The van der Waals surface area contributed by atoms with E-state index in [-0.39, 0.29) is 23.3 Å². The summed E-state index contributed by atoms with van der Waals surface area (Å²) in [4.78, 5) is 25.3. The molecule has 3 rings (SSSR count). The van der Waals surface area contributed by atoms with Gasteiger partial charge in [-0.05, 0) is 60.7 Å². The van der Waals surface area contributed by atoms with Gasteiger partial charge in [-0.3, -0.25) is 9.59 Å². The van der Waals surface area contributed by atoms with Crippen molar-refractivity contribution in [3.05, 3.63) is 82.6 Å². The fraction of sp³-hybridized carbons (Fsp3) is 0.0909. The van der Waals surface area contributed by atoms with E-state index < -0.39 is 5.82 Å². The minimum Gasteiger partial charge on any atom is -0.497 e. The standard InChI is InChI=1S/C22H18BrFN2O3S/c1-29-17-8-5-14(6-9-17)22(28)25-16-3-2-4-18(12-16)30-13-21(27)26-20-10-7-15(23)11-19(20)24/h2-12H,13H2,1H3,(H,25,28)(H,26,27). The number of halogens is 2. The molecule has 0 spiro atoms. The van der Waals surface area contributed by atoms with Crippen LogP contribution in [0.1, 0.15) is 10.4 Å². The lowest BCUT2D eigenvalue weighted by molar-refractivity contribution is -0.113. The van der Waals surface area contributed by atoms with Gasteiger partial charge in [0.05, 0.1) is 18.6 Å². The molecule has 0 aliphatic heterocycles. The molecule has 2 amide bonds. The molecule has 5 nitrogen and oxygen atoms in total. The van der Waals surface area contributed by atoms with Crippen molar-refractivity contribution >= 4 is 50.9 Å². The SMILES string of the molecule is COc1ccc(C(=O)Nc2cccc(SCC(=O)Nc3ccc(Br)cc3F)c2)cc1. The van der Waals surface area contributed by atoms with Gasteiger partial charge in [-0.1, -0.05) is 22.0 Å². The normalized spacial score (nSPS) is 10.4. The van der Waals surface area contributed by atoms with Gasteiger partial charge in [0.25, 0.3) is 5.91 Å². The van der Waals surface area contributed by atoms with Crippen LogP contribution in [-0.2, 0) is 4.79 Å². The van der Waals surface area contributed by atoms with Crippen molar-refractivity contribution in [3.63, 3.8) is 0 Å². The molecule has 0 saturated heterocycles. The lowest BCUT2D eigenvalue weighted by Gasteiger charge is -2.09. The molecule has 30 heavy (non-hydrogen) atoms. The Morgan fingerprint density at radius 1 is 1.03 bits per heavy atom. The van der Waals surface area contributed by atoms with Crippen LogP contribution in [0.4, 0.5) is 15.8 Å². The summed E-state index contributed by atoms with van der Waals surface area (Å²) in [6.07, 6.45) is 0. The summed E-state index contributed by atoms with van der Waals surface area (Å²) >= 11 is 4.46. The van der Waals surface area contributed by atoms with Crippen molar-refractivity contribution in [1.82, 2.24) is 0 Å². The van der Waals surface area contributed by atoms with E-state index in [2.05, 4.69) is 26.6 Å². The van der Waals surface area contributed by atoms with Crippen molar-refractivity contribution in [2.75, 3.05) is 23.5 Å². The third-order valence-corrected chi connectivity index (χ3v) is 5.51. The van der Waals surface area contributed by atoms with Gasteiger partial charge < -0.3 is 15.4 Å². The number of amides is 2. The fourth-order valence-electron chi connectivity index (χ4n) is 2.54. The van der Waals surface area contributed by atoms with Crippen molar-refractivity contribution < 1.29 is 18.7 Å². The van der Waals surface area contributed by atoms with Crippen LogP contribution >= 0.6 is 27.7 Å². The van der Waals surface area contributed by atoms with Crippen LogP contribution in [-0.4, -0.2) is 24.7 Å². The maximum Gasteiger partial charge on any atom is 0.255 e. The minimum absolute atomic E-state index is 0.103. The molecular weight excluding hydrogens is 471 g/mol. The Kier molecular flexibility index (Phi) is 7.48. The maximum absolute atomic E-state index is 13.8. The Morgan fingerprint density at radius 2 is 1.80 bits per heavy atom. The smallest absolute Gasteiger partial charge is 0.255 e. The number of carbonyl (C=O) groups is 2. The van der Waals surface area contributed by atoms with Gasteiger partial charge in [0.2, 0.25) is 5.91 Å². The Labute approximate surface area is 186 Å². The zero-order valence-corrected chi connectivity index (χ0v) is 18.3. The molecule has 0 saturated carbocycles. The monoisotopic (exact) mass is 488 g/mol. The van der Waals surface area contributed by atoms with Crippen LogP contribution in [0.3, 0.4) is 0 Å². The molecule has 0 heterocycles. The van der Waals surface area contributed by atoms with Gasteiger partial charge >= 0.3 is 0 Å². The zero-order chi connectivity index (χ0) is 21.5. The largest absolute Gasteiger partial charge is 0.497 e. The van der Waals surface area contributed by atoms with E-state index in [1.54, 1.807) is 55.6 Å². The molecule has 0 fully saturated rings. The van der Waals surface area contributed by atoms with Crippen molar-refractivity contribution in [2.45, 2.75) is 4.90 Å². The molecule has 2 N–H and O–H groups in total. The third-order valence-electron chi connectivity index (χ3n) is 4.02. The maximum atomic E-state index is 13.8. The van der Waals surface area contributed by atoms with E-state index in [1.165, 1.54) is 23.9 Å². The number of benzene rings is 3. The number of methoxy groups -OCH3 is 1. The molecule has 0 unspecified atom stereocenters. The van der Waals surface area contributed by atoms with E-state index in [4.69, 9.17) is 4.74 Å². The van der Waals surface area contributed by atoms with Gasteiger partial charge in [0.1, 0.15) is 11.6 Å². The number of nitrogens with one attached hydrogen (secondary N) is 2. The van der Waals surface area contributed by atoms with E-state index in [9.17, 15) is 14.0 Å². The molecule has 0 bridgehead atoms. The Bertz CT molecular complexity index is 1060. The molecule has 3 aromatic rings. The summed E-state index contributed by atoms with van der Waals surface area (Å²) < 4.78 is 19.5. The van der Waals surface area contributed by atoms with Gasteiger partial charge in [0, 0.05) is 20.6 Å². The molecule has 3 aromatic carbocycles. The second-order valence-corrected chi connectivity index (χ2v) is 8.14. The first-order chi connectivity index (χ1) is 14.4. The molecule has 154 valence electrons. The van der Waals surface area contributed by atoms with E-state index in [0.29, 0.717) is 21.5 Å². The van der Waals surface area contributed by atoms with Crippen LogP contribution in [0.2, 0.25) is 0 Å². The number of carbonyl (C=O) groups excluding carboxylic acids is 2. The Morgan fingerprint density at radius 3 is 2.50 bits per heavy atom. The number of anilines is 2. The van der Waals surface area contributed by atoms with Crippen LogP contribution in [0.25, 0.3) is 0 Å². The van der Waals surface area contributed by atoms with Gasteiger partial charge in [-0.2, -0.15) is 0 Å². The van der Waals surface area contributed by atoms with Crippen LogP contribution in [0, 0.1) is 5.82 Å². The van der Waals surface area contributed by atoms with Crippen molar-refractivity contribution in [2.24, 2.45) is 0 Å². The van der Waals surface area contributed by atoms with E-state index in [1.807, 2.05) is 6.07 Å². The lowest BCUT2D eigenvalue weighted by Crippen LogP contribution is -2.15. The summed E-state index contributed by atoms with van der Waals surface area (Å²) in [5.41, 5.74) is 1.24. The second-order valence-electron chi connectivity index (χ2n) is 6.17. The number of ether oxygens (including phenoxy) is 1. The lowest BCUT2D eigenvalue weighted by atomic mass is 10.2. The first-order valence-electron chi connectivity index (χ1n) is 8.88. The number of rotatable bonds is 7. The van der Waals surface area contributed by atoms with Crippen molar-refractivity contribution in [3.8, 4) is 5.75 Å². The summed E-state index contributed by atoms with van der Waals surface area (Å²) in [6.45, 7) is 0. The molecule has 0 radical (unpaired) electrons. The topological polar surface area (TPSA) is 67.4 Å². The van der Waals surface area contributed by atoms with Crippen molar-refractivity contribution in [1.29, 1.82) is 0 Å². The van der Waals surface area contributed by atoms with Gasteiger partial charge in [-0.25, -0.2) is 4.39 Å². The molecule has 0 aliphatic rings. The molecule has 0 aromatic heterocycles. The summed E-state index contributed by atoms with van der Waals surface area (Å²) in [6, 6.07) is 18.4. The fourth-order valence-corrected chi connectivity index (χ4v) is 3.62. The number of thioether (sulfide) groups is 1. The highest BCUT2D eigenvalue weighted by Crippen LogP contribution is 2.24. The van der Waals surface area contributed by atoms with E-state index >= 15 is 0 Å². The van der Waals surface area contributed by atoms with Crippen LogP contribution < -0.4 is 15.4 Å². The Hall–Kier alpha value is -2.84.